The van der Waals surface area contributed by atoms with Crippen molar-refractivity contribution >= 4 is 0 Å². The summed E-state index contributed by atoms with van der Waals surface area (Å²) < 4.78 is 1.99. The largest absolute Gasteiger partial charge is 0.296 e. The van der Waals surface area contributed by atoms with Gasteiger partial charge in [0.2, 0.25) is 0 Å². The molecule has 1 unspecified atom stereocenters. The first kappa shape index (κ1) is 12.3. The Labute approximate surface area is 113 Å². The van der Waals surface area contributed by atoms with Gasteiger partial charge in [0.1, 0.15) is 0 Å². The van der Waals surface area contributed by atoms with Crippen LogP contribution in [-0.4, -0.2) is 38.0 Å². The molecule has 0 radical (unpaired) electrons. The summed E-state index contributed by atoms with van der Waals surface area (Å²) in [5.41, 5.74) is 1.34. The van der Waals surface area contributed by atoms with Gasteiger partial charge in [0.05, 0.1) is 12.2 Å². The third-order valence-electron chi connectivity index (χ3n) is 4.05. The van der Waals surface area contributed by atoms with Crippen LogP contribution in [-0.2, 0) is 0 Å². The van der Waals surface area contributed by atoms with Crippen LogP contribution in [0.4, 0.5) is 0 Å². The second kappa shape index (κ2) is 5.48. The van der Waals surface area contributed by atoms with Crippen LogP contribution in [0.1, 0.15) is 37.4 Å². The molecule has 0 aromatic carbocycles. The van der Waals surface area contributed by atoms with E-state index < -0.39 is 0 Å². The van der Waals surface area contributed by atoms with Crippen LogP contribution in [0.15, 0.2) is 36.9 Å². The molecule has 0 N–H and O–H groups in total. The van der Waals surface area contributed by atoms with E-state index in [4.69, 9.17) is 0 Å². The molecule has 1 atom stereocenters. The molecule has 1 aliphatic heterocycles. The van der Waals surface area contributed by atoms with E-state index in [0.29, 0.717) is 12.1 Å². The molecule has 19 heavy (non-hydrogen) atoms. The highest BCUT2D eigenvalue weighted by Crippen LogP contribution is 2.27. The number of likely N-dealkylation sites (tertiary alicyclic amines) is 1. The zero-order valence-electron chi connectivity index (χ0n) is 11.2. The highest BCUT2D eigenvalue weighted by atomic mass is 15.4. The molecule has 3 heterocycles. The molecular weight excluding hydrogens is 238 g/mol. The molecule has 2 aromatic rings. The normalized spacial score (nSPS) is 19.4. The molecule has 0 amide bonds. The van der Waals surface area contributed by atoms with Crippen molar-refractivity contribution in [2.24, 2.45) is 0 Å². The van der Waals surface area contributed by atoms with E-state index in [9.17, 15) is 0 Å². The van der Waals surface area contributed by atoms with Crippen molar-refractivity contribution in [2.45, 2.75) is 31.8 Å². The Morgan fingerprint density at radius 3 is 2.53 bits per heavy atom. The van der Waals surface area contributed by atoms with E-state index >= 15 is 0 Å². The Morgan fingerprint density at radius 1 is 1.16 bits per heavy atom. The second-order valence-corrected chi connectivity index (χ2v) is 5.11. The minimum Gasteiger partial charge on any atom is -0.296 e. The smallest absolute Gasteiger partial charge is 0.0693 e. The van der Waals surface area contributed by atoms with E-state index in [2.05, 4.69) is 39.3 Å². The molecule has 5 nitrogen and oxygen atoms in total. The summed E-state index contributed by atoms with van der Waals surface area (Å²) in [4.78, 5) is 6.61. The molecule has 0 aliphatic carbocycles. The molecule has 0 spiro atoms. The van der Waals surface area contributed by atoms with Crippen LogP contribution in [0.25, 0.3) is 0 Å². The van der Waals surface area contributed by atoms with Gasteiger partial charge in [0, 0.05) is 37.7 Å². The van der Waals surface area contributed by atoms with Gasteiger partial charge in [0.25, 0.3) is 0 Å². The van der Waals surface area contributed by atoms with E-state index in [0.717, 1.165) is 25.9 Å². The maximum Gasteiger partial charge on any atom is 0.0693 e. The van der Waals surface area contributed by atoms with E-state index in [1.807, 2.05) is 23.3 Å². The van der Waals surface area contributed by atoms with Crippen LogP contribution in [0.2, 0.25) is 0 Å². The highest BCUT2D eigenvalue weighted by molar-refractivity contribution is 5.14. The van der Waals surface area contributed by atoms with Gasteiger partial charge < -0.3 is 0 Å². The Hall–Kier alpha value is -1.75. The fraction of sp³-hybridized carbons (Fsp3) is 0.500. The van der Waals surface area contributed by atoms with Gasteiger partial charge >= 0.3 is 0 Å². The minimum absolute atomic E-state index is 0.458. The topological polar surface area (TPSA) is 46.8 Å². The molecule has 100 valence electrons. The lowest BCUT2D eigenvalue weighted by molar-refractivity contribution is 0.138. The molecule has 5 heteroatoms. The number of aromatic nitrogens is 4. The molecule has 0 saturated carbocycles. The monoisotopic (exact) mass is 257 g/mol. The minimum atomic E-state index is 0.458. The third-order valence-corrected chi connectivity index (χ3v) is 4.05. The Bertz CT molecular complexity index is 488. The summed E-state index contributed by atoms with van der Waals surface area (Å²) in [5.74, 6) is 0. The average molecular weight is 257 g/mol. The molecule has 1 fully saturated rings. The Morgan fingerprint density at radius 2 is 1.89 bits per heavy atom. The first-order valence-electron chi connectivity index (χ1n) is 6.84. The van der Waals surface area contributed by atoms with Crippen molar-refractivity contribution < 1.29 is 0 Å². The highest BCUT2D eigenvalue weighted by Gasteiger charge is 2.24. The summed E-state index contributed by atoms with van der Waals surface area (Å²) in [7, 11) is 0. The maximum atomic E-state index is 4.11. The summed E-state index contributed by atoms with van der Waals surface area (Å²) >= 11 is 0. The summed E-state index contributed by atoms with van der Waals surface area (Å²) in [5, 5.41) is 8.00. The zero-order chi connectivity index (χ0) is 13.1. The van der Waals surface area contributed by atoms with E-state index in [1.165, 1.54) is 5.56 Å². The maximum absolute atomic E-state index is 4.11. The average Bonchev–Trinajstić information content (AvgIpc) is 3.02. The van der Waals surface area contributed by atoms with E-state index in [1.54, 1.807) is 6.20 Å². The predicted molar refractivity (Wildman–Crippen MR) is 72.5 cm³/mol. The zero-order valence-corrected chi connectivity index (χ0v) is 11.2. The van der Waals surface area contributed by atoms with Crippen molar-refractivity contribution in [3.8, 4) is 0 Å². The van der Waals surface area contributed by atoms with Gasteiger partial charge in [-0.3, -0.25) is 9.88 Å². The third kappa shape index (κ3) is 2.66. The van der Waals surface area contributed by atoms with Gasteiger partial charge in [-0.25, -0.2) is 4.68 Å². The SMILES string of the molecule is CC(c1ccncc1)N1CCC(n2ccnn2)CC1. The van der Waals surface area contributed by atoms with Gasteiger partial charge in [-0.05, 0) is 37.5 Å². The van der Waals surface area contributed by atoms with Crippen molar-refractivity contribution in [2.75, 3.05) is 13.1 Å². The quantitative estimate of drug-likeness (QED) is 0.844. The molecule has 2 aromatic heterocycles. The molecule has 1 saturated heterocycles. The van der Waals surface area contributed by atoms with Crippen LogP contribution >= 0.6 is 0 Å². The van der Waals surface area contributed by atoms with Crippen LogP contribution in [0, 0.1) is 0 Å². The van der Waals surface area contributed by atoms with Gasteiger partial charge in [-0.15, -0.1) is 5.10 Å². The fourth-order valence-corrected chi connectivity index (χ4v) is 2.80. The van der Waals surface area contributed by atoms with Crippen LogP contribution < -0.4 is 0 Å². The number of hydrogen-bond donors (Lipinski definition) is 0. The predicted octanol–water partition coefficient (Wildman–Crippen LogP) is 2.07. The number of piperidine rings is 1. The van der Waals surface area contributed by atoms with E-state index in [-0.39, 0.29) is 0 Å². The number of pyridine rings is 1. The van der Waals surface area contributed by atoms with Gasteiger partial charge in [-0.1, -0.05) is 5.21 Å². The van der Waals surface area contributed by atoms with Crippen molar-refractivity contribution in [1.29, 1.82) is 0 Å². The fourth-order valence-electron chi connectivity index (χ4n) is 2.80. The Balaban J connectivity index is 1.61. The molecular formula is C14H19N5. The lowest BCUT2D eigenvalue weighted by Gasteiger charge is -2.36. The molecule has 0 bridgehead atoms. The number of hydrogen-bond acceptors (Lipinski definition) is 4. The standard InChI is InChI=1S/C14H19N5/c1-12(13-2-6-15-7-3-13)18-9-4-14(5-10-18)19-11-8-16-17-19/h2-3,6-8,11-12,14H,4-5,9-10H2,1H3. The van der Waals surface area contributed by atoms with Crippen molar-refractivity contribution in [1.82, 2.24) is 24.9 Å². The number of rotatable bonds is 3. The van der Waals surface area contributed by atoms with Crippen molar-refractivity contribution in [3.05, 3.63) is 42.5 Å². The Kier molecular flexibility index (Phi) is 3.55. The summed E-state index contributed by atoms with van der Waals surface area (Å²) in [6, 6.07) is 5.17. The van der Waals surface area contributed by atoms with Crippen LogP contribution in [0.3, 0.4) is 0 Å². The van der Waals surface area contributed by atoms with Gasteiger partial charge in [0.15, 0.2) is 0 Å². The molecule has 3 rings (SSSR count). The second-order valence-electron chi connectivity index (χ2n) is 5.11. The lowest BCUT2D eigenvalue weighted by atomic mass is 10.0. The number of nitrogens with zero attached hydrogens (tertiary/aromatic N) is 5. The molecule has 1 aliphatic rings. The van der Waals surface area contributed by atoms with Crippen LogP contribution in [0.5, 0.6) is 0 Å². The van der Waals surface area contributed by atoms with Crippen molar-refractivity contribution in [3.63, 3.8) is 0 Å². The first-order valence-corrected chi connectivity index (χ1v) is 6.84. The first-order chi connectivity index (χ1) is 9.34. The summed E-state index contributed by atoms with van der Waals surface area (Å²) in [6.07, 6.45) is 9.73. The summed E-state index contributed by atoms with van der Waals surface area (Å²) in [6.45, 7) is 4.48. The van der Waals surface area contributed by atoms with Gasteiger partial charge in [-0.2, -0.15) is 0 Å². The lowest BCUT2D eigenvalue weighted by Crippen LogP contribution is -2.36.